The number of aliphatic hydroxyl groups excluding tert-OH is 1. The first-order valence-electron chi connectivity index (χ1n) is 4.21. The molecule has 1 amide bonds. The molecule has 0 spiro atoms. The fraction of sp³-hybridized carbons (Fsp3) is 0.300. The van der Waals surface area contributed by atoms with Crippen LogP contribution in [0.5, 0.6) is 0 Å². The molecular weight excluding hydrogens is 166 g/mol. The molecule has 1 aliphatic carbocycles. The maximum atomic E-state index is 10.2. The van der Waals surface area contributed by atoms with E-state index in [1.807, 2.05) is 30.4 Å². The van der Waals surface area contributed by atoms with Crippen LogP contribution in [-0.2, 0) is 4.79 Å². The van der Waals surface area contributed by atoms with Crippen LogP contribution in [0.4, 0.5) is 0 Å². The van der Waals surface area contributed by atoms with Gasteiger partial charge in [0, 0.05) is 0 Å². The molecule has 0 heterocycles. The number of rotatable bonds is 4. The molecule has 0 aliphatic heterocycles. The third-order valence-corrected chi connectivity index (χ3v) is 1.92. The number of nitrogens with one attached hydrogen (secondary N) is 1. The van der Waals surface area contributed by atoms with Crippen LogP contribution < -0.4 is 5.32 Å². The monoisotopic (exact) mass is 179 g/mol. The minimum absolute atomic E-state index is 0.0632. The van der Waals surface area contributed by atoms with Gasteiger partial charge < -0.3 is 10.4 Å². The van der Waals surface area contributed by atoms with E-state index in [1.165, 1.54) is 0 Å². The molecule has 0 bridgehead atoms. The number of hydrogen-bond donors (Lipinski definition) is 2. The van der Waals surface area contributed by atoms with Crippen molar-refractivity contribution in [3.8, 4) is 0 Å². The number of hydrogen-bond acceptors (Lipinski definition) is 2. The molecular formula is C10H13NO2. The minimum Gasteiger partial charge on any atom is -0.394 e. The van der Waals surface area contributed by atoms with Gasteiger partial charge in [-0.1, -0.05) is 30.4 Å². The summed E-state index contributed by atoms with van der Waals surface area (Å²) in [5.74, 6) is 0. The van der Waals surface area contributed by atoms with Crippen molar-refractivity contribution < 1.29 is 9.90 Å². The van der Waals surface area contributed by atoms with Crippen molar-refractivity contribution in [2.24, 2.45) is 0 Å². The largest absolute Gasteiger partial charge is 0.394 e. The normalized spacial score (nSPS) is 17.5. The third kappa shape index (κ3) is 2.87. The van der Waals surface area contributed by atoms with Crippen molar-refractivity contribution >= 4 is 6.41 Å². The summed E-state index contributed by atoms with van der Waals surface area (Å²) in [5.41, 5.74) is 1.01. The van der Waals surface area contributed by atoms with Crippen molar-refractivity contribution in [2.45, 2.75) is 12.5 Å². The van der Waals surface area contributed by atoms with Gasteiger partial charge in [-0.15, -0.1) is 0 Å². The van der Waals surface area contributed by atoms with Gasteiger partial charge in [0.25, 0.3) is 0 Å². The number of carbonyl (C=O) groups excluding carboxylic acids is 1. The van der Waals surface area contributed by atoms with E-state index < -0.39 is 0 Å². The first kappa shape index (κ1) is 9.74. The van der Waals surface area contributed by atoms with E-state index in [2.05, 4.69) is 5.32 Å². The van der Waals surface area contributed by atoms with Gasteiger partial charge in [0.2, 0.25) is 6.41 Å². The maximum absolute atomic E-state index is 10.2. The van der Waals surface area contributed by atoms with E-state index in [1.54, 1.807) is 0 Å². The molecule has 1 rings (SSSR count). The van der Waals surface area contributed by atoms with Crippen molar-refractivity contribution in [1.82, 2.24) is 5.32 Å². The highest BCUT2D eigenvalue weighted by Crippen LogP contribution is 2.11. The lowest BCUT2D eigenvalue weighted by Crippen LogP contribution is -2.33. The third-order valence-electron chi connectivity index (χ3n) is 1.92. The Hall–Kier alpha value is -1.35. The first-order chi connectivity index (χ1) is 6.38. The summed E-state index contributed by atoms with van der Waals surface area (Å²) >= 11 is 0. The number of carbonyl (C=O) groups is 1. The average molecular weight is 179 g/mol. The Morgan fingerprint density at radius 3 is 3.08 bits per heavy atom. The van der Waals surface area contributed by atoms with Crippen LogP contribution in [0.15, 0.2) is 36.0 Å². The highest BCUT2D eigenvalue weighted by atomic mass is 16.3. The van der Waals surface area contributed by atoms with Gasteiger partial charge in [0.05, 0.1) is 12.6 Å². The van der Waals surface area contributed by atoms with Crippen LogP contribution in [0.1, 0.15) is 6.42 Å². The summed E-state index contributed by atoms with van der Waals surface area (Å²) < 4.78 is 0. The Balaban J connectivity index is 2.66. The van der Waals surface area contributed by atoms with E-state index >= 15 is 0 Å². The fourth-order valence-electron chi connectivity index (χ4n) is 1.21. The Kier molecular flexibility index (Phi) is 3.99. The topological polar surface area (TPSA) is 49.3 Å². The summed E-state index contributed by atoms with van der Waals surface area (Å²) in [5, 5.41) is 11.6. The van der Waals surface area contributed by atoms with Gasteiger partial charge >= 0.3 is 0 Å². The molecule has 3 nitrogen and oxygen atoms in total. The zero-order valence-corrected chi connectivity index (χ0v) is 7.31. The van der Waals surface area contributed by atoms with Gasteiger partial charge in [-0.05, 0) is 12.0 Å². The smallest absolute Gasteiger partial charge is 0.207 e. The molecule has 1 unspecified atom stereocenters. The van der Waals surface area contributed by atoms with E-state index in [-0.39, 0.29) is 12.6 Å². The Morgan fingerprint density at radius 2 is 2.38 bits per heavy atom. The minimum atomic E-state index is -0.259. The summed E-state index contributed by atoms with van der Waals surface area (Å²) in [4.78, 5) is 10.2. The lowest BCUT2D eigenvalue weighted by atomic mass is 10.0. The predicted molar refractivity (Wildman–Crippen MR) is 51.1 cm³/mol. The molecule has 2 N–H and O–H groups in total. The molecule has 3 heteroatoms. The van der Waals surface area contributed by atoms with Gasteiger partial charge in [-0.3, -0.25) is 4.79 Å². The van der Waals surface area contributed by atoms with Crippen LogP contribution in [-0.4, -0.2) is 24.2 Å². The first-order valence-corrected chi connectivity index (χ1v) is 4.21. The van der Waals surface area contributed by atoms with Crippen LogP contribution in [0.25, 0.3) is 0 Å². The van der Waals surface area contributed by atoms with E-state index in [4.69, 9.17) is 5.11 Å². The molecule has 0 aromatic carbocycles. The van der Waals surface area contributed by atoms with Gasteiger partial charge in [-0.2, -0.15) is 0 Å². The zero-order valence-electron chi connectivity index (χ0n) is 7.31. The van der Waals surface area contributed by atoms with Gasteiger partial charge in [0.1, 0.15) is 0 Å². The van der Waals surface area contributed by atoms with Crippen molar-refractivity contribution in [2.75, 3.05) is 6.61 Å². The Morgan fingerprint density at radius 1 is 1.54 bits per heavy atom. The van der Waals surface area contributed by atoms with Crippen molar-refractivity contribution in [3.05, 3.63) is 36.0 Å². The number of aliphatic hydroxyl groups is 1. The quantitative estimate of drug-likeness (QED) is 0.619. The molecule has 0 saturated carbocycles. The van der Waals surface area contributed by atoms with Crippen LogP contribution in [0, 0.1) is 0 Å². The molecule has 1 atom stereocenters. The van der Waals surface area contributed by atoms with E-state index in [0.29, 0.717) is 6.41 Å². The lowest BCUT2D eigenvalue weighted by molar-refractivity contribution is -0.110. The molecule has 0 aromatic heterocycles. The summed E-state index contributed by atoms with van der Waals surface area (Å²) in [6.45, 7) is -0.0632. The van der Waals surface area contributed by atoms with E-state index in [9.17, 15) is 4.79 Å². The second-order valence-electron chi connectivity index (χ2n) is 2.78. The molecule has 0 aromatic rings. The average Bonchev–Trinajstić information content (AvgIpc) is 2.42. The molecule has 13 heavy (non-hydrogen) atoms. The summed E-state index contributed by atoms with van der Waals surface area (Å²) in [7, 11) is 0. The predicted octanol–water partition coefficient (Wildman–Crippen LogP) is 0.536. The van der Waals surface area contributed by atoms with Gasteiger partial charge in [0.15, 0.2) is 0 Å². The zero-order chi connectivity index (χ0) is 9.52. The molecule has 0 saturated heterocycles. The fourth-order valence-corrected chi connectivity index (χ4v) is 1.21. The highest BCUT2D eigenvalue weighted by molar-refractivity contribution is 5.48. The summed E-state index contributed by atoms with van der Waals surface area (Å²) in [6.07, 6.45) is 11.0. The summed E-state index contributed by atoms with van der Waals surface area (Å²) in [6, 6.07) is -0.259. The van der Waals surface area contributed by atoms with Crippen LogP contribution >= 0.6 is 0 Å². The van der Waals surface area contributed by atoms with Gasteiger partial charge in [-0.25, -0.2) is 0 Å². The van der Waals surface area contributed by atoms with Crippen LogP contribution in [0.3, 0.4) is 0 Å². The van der Waals surface area contributed by atoms with E-state index in [0.717, 1.165) is 12.0 Å². The van der Waals surface area contributed by atoms with Crippen LogP contribution in [0.2, 0.25) is 0 Å². The SMILES string of the molecule is O=CNC(CO)C1=CC=CC=CC1. The standard InChI is InChI=1S/C10H13NO2/c12-7-10(11-8-13)9-5-3-1-2-4-6-9/h1-5,8,10,12H,6-7H2,(H,11,13). The Labute approximate surface area is 77.5 Å². The van der Waals surface area contributed by atoms with Crippen molar-refractivity contribution in [1.29, 1.82) is 0 Å². The highest BCUT2D eigenvalue weighted by Gasteiger charge is 2.10. The second kappa shape index (κ2) is 5.32. The van der Waals surface area contributed by atoms with Crippen molar-refractivity contribution in [3.63, 3.8) is 0 Å². The molecule has 0 fully saturated rings. The molecule has 70 valence electrons. The Bertz CT molecular complexity index is 254. The number of allylic oxidation sites excluding steroid dienone is 5. The number of amides is 1. The molecule has 0 radical (unpaired) electrons. The molecule has 1 aliphatic rings. The maximum Gasteiger partial charge on any atom is 0.207 e. The second-order valence-corrected chi connectivity index (χ2v) is 2.78. The lowest BCUT2D eigenvalue weighted by Gasteiger charge is -2.15.